The summed E-state index contributed by atoms with van der Waals surface area (Å²) in [5, 5.41) is 9.20. The van der Waals surface area contributed by atoms with Gasteiger partial charge in [-0.3, -0.25) is 0 Å². The monoisotopic (exact) mass is 281 g/mol. The molecule has 1 unspecified atom stereocenters. The smallest absolute Gasteiger partial charge is 0.335 e. The number of hydrogen-bond acceptors (Lipinski definition) is 2. The maximum Gasteiger partial charge on any atom is 0.335 e. The van der Waals surface area contributed by atoms with Gasteiger partial charge in [0, 0.05) is 24.7 Å². The van der Waals surface area contributed by atoms with E-state index in [0.717, 1.165) is 19.5 Å². The summed E-state index contributed by atoms with van der Waals surface area (Å²) in [5.41, 5.74) is 4.03. The molecule has 0 aromatic heterocycles. The fourth-order valence-corrected chi connectivity index (χ4v) is 3.14. The summed E-state index contributed by atoms with van der Waals surface area (Å²) < 4.78 is 0. The van der Waals surface area contributed by atoms with E-state index in [9.17, 15) is 9.90 Å². The van der Waals surface area contributed by atoms with Crippen molar-refractivity contribution in [3.8, 4) is 0 Å². The number of carboxylic acid groups (broad SMARTS) is 1. The Morgan fingerprint density at radius 1 is 1.24 bits per heavy atom. The zero-order valence-electron chi connectivity index (χ0n) is 12.1. The summed E-state index contributed by atoms with van der Waals surface area (Å²) in [7, 11) is 0. The van der Waals surface area contributed by atoms with E-state index >= 15 is 0 Å². The molecule has 1 atom stereocenters. The second kappa shape index (κ2) is 5.60. The second-order valence-corrected chi connectivity index (χ2v) is 5.50. The van der Waals surface area contributed by atoms with Gasteiger partial charge in [-0.25, -0.2) is 4.79 Å². The molecule has 2 aromatic carbocycles. The van der Waals surface area contributed by atoms with E-state index in [2.05, 4.69) is 36.1 Å². The number of anilines is 1. The maximum atomic E-state index is 11.2. The maximum absolute atomic E-state index is 11.2. The van der Waals surface area contributed by atoms with Gasteiger partial charge in [0.1, 0.15) is 0 Å². The van der Waals surface area contributed by atoms with Gasteiger partial charge in [-0.1, -0.05) is 30.3 Å². The van der Waals surface area contributed by atoms with Gasteiger partial charge < -0.3 is 10.0 Å². The summed E-state index contributed by atoms with van der Waals surface area (Å²) in [6.45, 7) is 4.05. The third kappa shape index (κ3) is 2.64. The van der Waals surface area contributed by atoms with Crippen LogP contribution >= 0.6 is 0 Å². The Morgan fingerprint density at radius 2 is 2.00 bits per heavy atom. The van der Waals surface area contributed by atoms with Crippen LogP contribution in [0.15, 0.2) is 48.5 Å². The zero-order valence-corrected chi connectivity index (χ0v) is 12.1. The van der Waals surface area contributed by atoms with Crippen molar-refractivity contribution in [3.63, 3.8) is 0 Å². The first kappa shape index (κ1) is 13.7. The summed E-state index contributed by atoms with van der Waals surface area (Å²) in [5.74, 6) is -0.493. The van der Waals surface area contributed by atoms with E-state index in [1.807, 2.05) is 18.2 Å². The first-order chi connectivity index (χ1) is 10.2. The van der Waals surface area contributed by atoms with Crippen LogP contribution in [-0.2, 0) is 6.42 Å². The average Bonchev–Trinajstić information content (AvgIpc) is 2.85. The van der Waals surface area contributed by atoms with E-state index in [1.54, 1.807) is 6.07 Å². The lowest BCUT2D eigenvalue weighted by Crippen LogP contribution is -2.21. The average molecular weight is 281 g/mol. The standard InChI is InChI=1S/C18H19NO2/c1-2-19-12-15(10-13-6-4-3-5-7-13)16-11-14(18(20)21)8-9-17(16)19/h3-9,11,15H,2,10,12H2,1H3,(H,20,21). The number of carboxylic acids is 1. The molecule has 108 valence electrons. The van der Waals surface area contributed by atoms with Crippen LogP contribution in [0.4, 0.5) is 5.69 Å². The molecule has 1 N–H and O–H groups in total. The fraction of sp³-hybridized carbons (Fsp3) is 0.278. The molecule has 0 spiro atoms. The number of likely N-dealkylation sites (N-methyl/N-ethyl adjacent to an activating group) is 1. The van der Waals surface area contributed by atoms with Crippen LogP contribution in [-0.4, -0.2) is 24.2 Å². The van der Waals surface area contributed by atoms with Crippen molar-refractivity contribution in [1.82, 2.24) is 0 Å². The number of benzene rings is 2. The molecule has 1 aliphatic rings. The summed E-state index contributed by atoms with van der Waals surface area (Å²) in [4.78, 5) is 13.5. The minimum atomic E-state index is -0.855. The van der Waals surface area contributed by atoms with E-state index in [-0.39, 0.29) is 0 Å². The molecular weight excluding hydrogens is 262 g/mol. The predicted octanol–water partition coefficient (Wildman–Crippen LogP) is 3.55. The Balaban J connectivity index is 1.94. The number of hydrogen-bond donors (Lipinski definition) is 1. The molecule has 3 rings (SSSR count). The number of rotatable bonds is 4. The third-order valence-electron chi connectivity index (χ3n) is 4.20. The molecule has 3 nitrogen and oxygen atoms in total. The second-order valence-electron chi connectivity index (χ2n) is 5.50. The highest BCUT2D eigenvalue weighted by molar-refractivity contribution is 5.89. The highest BCUT2D eigenvalue weighted by atomic mass is 16.4. The molecule has 21 heavy (non-hydrogen) atoms. The van der Waals surface area contributed by atoms with Crippen molar-refractivity contribution < 1.29 is 9.90 Å². The van der Waals surface area contributed by atoms with Gasteiger partial charge in [0.05, 0.1) is 5.56 Å². The van der Waals surface area contributed by atoms with Gasteiger partial charge >= 0.3 is 5.97 Å². The normalized spacial score (nSPS) is 16.8. The SMILES string of the molecule is CCN1CC(Cc2ccccc2)c2cc(C(=O)O)ccc21. The molecule has 0 fully saturated rings. The van der Waals surface area contributed by atoms with Crippen molar-refractivity contribution in [3.05, 3.63) is 65.2 Å². The van der Waals surface area contributed by atoms with Crippen molar-refractivity contribution in [2.45, 2.75) is 19.3 Å². The van der Waals surface area contributed by atoms with E-state index in [1.165, 1.54) is 16.8 Å². The number of carbonyl (C=O) groups is 1. The van der Waals surface area contributed by atoms with E-state index in [4.69, 9.17) is 0 Å². The Kier molecular flexibility index (Phi) is 3.65. The highest BCUT2D eigenvalue weighted by Crippen LogP contribution is 2.38. The fourth-order valence-electron chi connectivity index (χ4n) is 3.14. The lowest BCUT2D eigenvalue weighted by atomic mass is 9.93. The van der Waals surface area contributed by atoms with Crippen LogP contribution in [0.2, 0.25) is 0 Å². The molecule has 0 aliphatic carbocycles. The zero-order chi connectivity index (χ0) is 14.8. The minimum absolute atomic E-state index is 0.363. The molecule has 3 heteroatoms. The summed E-state index contributed by atoms with van der Waals surface area (Å²) >= 11 is 0. The third-order valence-corrected chi connectivity index (χ3v) is 4.20. The predicted molar refractivity (Wildman–Crippen MR) is 84.2 cm³/mol. The molecular formula is C18H19NO2. The molecule has 0 amide bonds. The van der Waals surface area contributed by atoms with Crippen molar-refractivity contribution in [2.75, 3.05) is 18.0 Å². The number of nitrogens with zero attached hydrogens (tertiary/aromatic N) is 1. The Morgan fingerprint density at radius 3 is 2.67 bits per heavy atom. The Labute approximate surface area is 124 Å². The van der Waals surface area contributed by atoms with Crippen LogP contribution in [0.1, 0.15) is 34.3 Å². The first-order valence-corrected chi connectivity index (χ1v) is 7.35. The van der Waals surface area contributed by atoms with Gasteiger partial charge in [-0.2, -0.15) is 0 Å². The molecule has 0 bridgehead atoms. The Bertz CT molecular complexity index is 652. The van der Waals surface area contributed by atoms with Gasteiger partial charge in [-0.15, -0.1) is 0 Å². The van der Waals surface area contributed by atoms with E-state index < -0.39 is 5.97 Å². The quantitative estimate of drug-likeness (QED) is 0.931. The van der Waals surface area contributed by atoms with Crippen molar-refractivity contribution in [2.24, 2.45) is 0 Å². The molecule has 0 saturated carbocycles. The number of fused-ring (bicyclic) bond motifs is 1. The number of aromatic carboxylic acids is 1. The van der Waals surface area contributed by atoms with Crippen LogP contribution in [0, 0.1) is 0 Å². The van der Waals surface area contributed by atoms with Crippen molar-refractivity contribution in [1.29, 1.82) is 0 Å². The minimum Gasteiger partial charge on any atom is -0.478 e. The highest BCUT2D eigenvalue weighted by Gasteiger charge is 2.28. The van der Waals surface area contributed by atoms with Gasteiger partial charge in [0.15, 0.2) is 0 Å². The molecule has 0 saturated heterocycles. The van der Waals surface area contributed by atoms with Gasteiger partial charge in [0.25, 0.3) is 0 Å². The molecule has 2 aromatic rings. The van der Waals surface area contributed by atoms with Crippen LogP contribution in [0.25, 0.3) is 0 Å². The van der Waals surface area contributed by atoms with Gasteiger partial charge in [-0.05, 0) is 42.7 Å². The molecule has 1 aliphatic heterocycles. The summed E-state index contributed by atoms with van der Waals surface area (Å²) in [6, 6.07) is 15.9. The first-order valence-electron chi connectivity index (χ1n) is 7.35. The van der Waals surface area contributed by atoms with E-state index in [0.29, 0.717) is 11.5 Å². The molecule has 0 radical (unpaired) electrons. The lowest BCUT2D eigenvalue weighted by Gasteiger charge is -2.17. The van der Waals surface area contributed by atoms with Crippen LogP contribution < -0.4 is 4.90 Å². The van der Waals surface area contributed by atoms with Crippen LogP contribution in [0.3, 0.4) is 0 Å². The van der Waals surface area contributed by atoms with Crippen molar-refractivity contribution >= 4 is 11.7 Å². The van der Waals surface area contributed by atoms with Crippen LogP contribution in [0.5, 0.6) is 0 Å². The largest absolute Gasteiger partial charge is 0.478 e. The molecule has 1 heterocycles. The lowest BCUT2D eigenvalue weighted by molar-refractivity contribution is 0.0697. The van der Waals surface area contributed by atoms with Gasteiger partial charge in [0.2, 0.25) is 0 Å². The summed E-state index contributed by atoms with van der Waals surface area (Å²) in [6.07, 6.45) is 0.952. The Hall–Kier alpha value is -2.29. The topological polar surface area (TPSA) is 40.5 Å².